The number of rotatable bonds is 4. The predicted octanol–water partition coefficient (Wildman–Crippen LogP) is 13.8. The minimum Gasteiger partial charge on any atom is -0.310 e. The largest absolute Gasteiger partial charge is 0.310 e. The van der Waals surface area contributed by atoms with Crippen molar-refractivity contribution in [2.75, 3.05) is 4.90 Å². The standard InChI is InChI=1S/C53H34N2/c1-2-16-37(17-3-1)54(40-29-31-46-45-21-9-13-25-51(45)55(52(46)34-40)38-27-26-35-14-4-5-15-36(35)32-38)39-28-30-44-43-20-8-12-24-49(43)53(50(44)33-39)47-22-10-6-18-41(47)42-19-7-11-23-48(42)53/h1-34H. The molecule has 0 saturated heterocycles. The number of benzene rings is 9. The van der Waals surface area contributed by atoms with Gasteiger partial charge in [-0.1, -0.05) is 152 Å². The van der Waals surface area contributed by atoms with E-state index in [1.165, 1.54) is 77.1 Å². The highest BCUT2D eigenvalue weighted by Gasteiger charge is 2.51. The Morgan fingerprint density at radius 2 is 0.873 bits per heavy atom. The maximum atomic E-state index is 2.48. The van der Waals surface area contributed by atoms with Crippen molar-refractivity contribution < 1.29 is 0 Å². The van der Waals surface area contributed by atoms with Gasteiger partial charge in [-0.3, -0.25) is 0 Å². The summed E-state index contributed by atoms with van der Waals surface area (Å²) in [6.45, 7) is 0. The maximum Gasteiger partial charge on any atom is 0.0726 e. The van der Waals surface area contributed by atoms with Gasteiger partial charge in [0.2, 0.25) is 0 Å². The van der Waals surface area contributed by atoms with Crippen molar-refractivity contribution >= 4 is 49.6 Å². The second kappa shape index (κ2) is 11.4. The molecule has 2 nitrogen and oxygen atoms in total. The molecule has 1 heterocycles. The van der Waals surface area contributed by atoms with E-state index in [2.05, 4.69) is 216 Å². The van der Waals surface area contributed by atoms with Crippen molar-refractivity contribution in [1.29, 1.82) is 0 Å². The van der Waals surface area contributed by atoms with Gasteiger partial charge in [-0.25, -0.2) is 0 Å². The van der Waals surface area contributed by atoms with Crippen molar-refractivity contribution in [2.24, 2.45) is 0 Å². The van der Waals surface area contributed by atoms with E-state index < -0.39 is 5.41 Å². The highest BCUT2D eigenvalue weighted by molar-refractivity contribution is 6.10. The molecule has 0 unspecified atom stereocenters. The number of hydrogen-bond donors (Lipinski definition) is 0. The van der Waals surface area contributed by atoms with Gasteiger partial charge >= 0.3 is 0 Å². The molecule has 0 saturated carbocycles. The molecule has 0 N–H and O–H groups in total. The van der Waals surface area contributed by atoms with E-state index in [9.17, 15) is 0 Å². The lowest BCUT2D eigenvalue weighted by atomic mass is 9.70. The molecular weight excluding hydrogens is 665 g/mol. The first kappa shape index (κ1) is 30.3. The van der Waals surface area contributed by atoms with Crippen LogP contribution in [0, 0.1) is 0 Å². The smallest absolute Gasteiger partial charge is 0.0726 e. The molecule has 0 fully saturated rings. The van der Waals surface area contributed by atoms with Gasteiger partial charge < -0.3 is 9.47 Å². The first-order valence-corrected chi connectivity index (χ1v) is 19.1. The Kier molecular flexibility index (Phi) is 6.29. The van der Waals surface area contributed by atoms with Gasteiger partial charge in [-0.2, -0.15) is 0 Å². The lowest BCUT2D eigenvalue weighted by molar-refractivity contribution is 0.793. The molecule has 12 rings (SSSR count). The van der Waals surface area contributed by atoms with Crippen LogP contribution in [0.4, 0.5) is 17.1 Å². The normalized spacial score (nSPS) is 13.2. The van der Waals surface area contributed by atoms with Crippen LogP contribution in [0.3, 0.4) is 0 Å². The maximum absolute atomic E-state index is 2.48. The molecule has 2 aliphatic rings. The van der Waals surface area contributed by atoms with Gasteiger partial charge in [0.15, 0.2) is 0 Å². The third-order valence-corrected chi connectivity index (χ3v) is 12.2. The van der Waals surface area contributed by atoms with Gasteiger partial charge in [0.05, 0.1) is 16.4 Å². The molecule has 1 aromatic heterocycles. The summed E-state index contributed by atoms with van der Waals surface area (Å²) in [5.41, 5.74) is 17.1. The van der Waals surface area contributed by atoms with Crippen molar-refractivity contribution in [3.8, 4) is 27.9 Å². The van der Waals surface area contributed by atoms with E-state index >= 15 is 0 Å². The van der Waals surface area contributed by atoms with E-state index in [0.717, 1.165) is 22.7 Å². The highest BCUT2D eigenvalue weighted by Crippen LogP contribution is 2.63. The first-order valence-electron chi connectivity index (χ1n) is 19.1. The summed E-state index contributed by atoms with van der Waals surface area (Å²) in [4.78, 5) is 2.44. The van der Waals surface area contributed by atoms with E-state index in [-0.39, 0.29) is 0 Å². The SMILES string of the molecule is c1ccc(N(c2ccc3c(c2)C2(c4ccccc4-c4ccccc42)c2ccccc2-3)c2ccc3c4ccccc4n(-c4ccc5ccccc5c4)c3c2)cc1. The first-order chi connectivity index (χ1) is 27.3. The summed E-state index contributed by atoms with van der Waals surface area (Å²) in [5.74, 6) is 0. The van der Waals surface area contributed by atoms with Crippen molar-refractivity contribution in [1.82, 2.24) is 4.57 Å². The molecule has 55 heavy (non-hydrogen) atoms. The summed E-state index contributed by atoms with van der Waals surface area (Å²) in [6, 6.07) is 76.3. The van der Waals surface area contributed by atoms with Crippen LogP contribution < -0.4 is 4.90 Å². The van der Waals surface area contributed by atoms with Crippen LogP contribution in [-0.2, 0) is 5.41 Å². The van der Waals surface area contributed by atoms with Gasteiger partial charge in [0.1, 0.15) is 0 Å². The van der Waals surface area contributed by atoms with Crippen LogP contribution in [0.5, 0.6) is 0 Å². The lowest BCUT2D eigenvalue weighted by Gasteiger charge is -2.32. The molecule has 0 aliphatic heterocycles. The highest BCUT2D eigenvalue weighted by atomic mass is 15.1. The zero-order valence-corrected chi connectivity index (χ0v) is 30.0. The number of aromatic nitrogens is 1. The Hall–Kier alpha value is -7.16. The topological polar surface area (TPSA) is 8.17 Å². The van der Waals surface area contributed by atoms with Gasteiger partial charge in [-0.05, 0) is 110 Å². The number of hydrogen-bond acceptors (Lipinski definition) is 1. The zero-order valence-electron chi connectivity index (χ0n) is 30.0. The van der Waals surface area contributed by atoms with E-state index in [0.29, 0.717) is 0 Å². The Bertz CT molecular complexity index is 3100. The fourth-order valence-corrected chi connectivity index (χ4v) is 9.94. The molecule has 0 amide bonds. The molecule has 1 spiro atoms. The summed E-state index contributed by atoms with van der Waals surface area (Å²) >= 11 is 0. The average molecular weight is 699 g/mol. The van der Waals surface area contributed by atoms with Crippen LogP contribution in [0.15, 0.2) is 206 Å². The Labute approximate surface area is 319 Å². The van der Waals surface area contributed by atoms with Gasteiger partial charge in [0.25, 0.3) is 0 Å². The molecule has 9 aromatic carbocycles. The quantitative estimate of drug-likeness (QED) is 0.178. The molecule has 0 atom stereocenters. The molecular formula is C53H34N2. The third-order valence-electron chi connectivity index (χ3n) is 12.2. The third kappa shape index (κ3) is 4.14. The van der Waals surface area contributed by atoms with Crippen LogP contribution in [0.2, 0.25) is 0 Å². The second-order valence-corrected chi connectivity index (χ2v) is 14.9. The molecule has 0 bridgehead atoms. The molecule has 2 aliphatic carbocycles. The van der Waals surface area contributed by atoms with Crippen molar-refractivity contribution in [3.63, 3.8) is 0 Å². The van der Waals surface area contributed by atoms with Gasteiger partial charge in [0, 0.05) is 33.5 Å². The Balaban J connectivity index is 1.12. The summed E-state index contributed by atoms with van der Waals surface area (Å²) in [7, 11) is 0. The van der Waals surface area contributed by atoms with Crippen LogP contribution in [-0.4, -0.2) is 4.57 Å². The molecule has 10 aromatic rings. The zero-order chi connectivity index (χ0) is 36.1. The number of nitrogens with zero attached hydrogens (tertiary/aromatic N) is 2. The van der Waals surface area contributed by atoms with Crippen LogP contribution >= 0.6 is 0 Å². The molecule has 0 radical (unpaired) electrons. The Morgan fingerprint density at radius 1 is 0.327 bits per heavy atom. The summed E-state index contributed by atoms with van der Waals surface area (Å²) in [5, 5.41) is 4.96. The van der Waals surface area contributed by atoms with E-state index in [1.54, 1.807) is 0 Å². The van der Waals surface area contributed by atoms with Crippen molar-refractivity contribution in [3.05, 3.63) is 229 Å². The number of para-hydroxylation sites is 2. The fraction of sp³-hybridized carbons (Fsp3) is 0.0189. The summed E-state index contributed by atoms with van der Waals surface area (Å²) < 4.78 is 2.44. The molecule has 256 valence electrons. The van der Waals surface area contributed by atoms with E-state index in [1.807, 2.05) is 0 Å². The second-order valence-electron chi connectivity index (χ2n) is 14.9. The lowest BCUT2D eigenvalue weighted by Crippen LogP contribution is -2.26. The van der Waals surface area contributed by atoms with Gasteiger partial charge in [-0.15, -0.1) is 0 Å². The molecule has 2 heteroatoms. The average Bonchev–Trinajstić information content (AvgIpc) is 3.85. The van der Waals surface area contributed by atoms with Crippen molar-refractivity contribution in [2.45, 2.75) is 5.41 Å². The predicted molar refractivity (Wildman–Crippen MR) is 229 cm³/mol. The number of anilines is 3. The fourth-order valence-electron chi connectivity index (χ4n) is 9.94. The van der Waals surface area contributed by atoms with Crippen LogP contribution in [0.1, 0.15) is 22.3 Å². The summed E-state index contributed by atoms with van der Waals surface area (Å²) in [6.07, 6.45) is 0. The minimum atomic E-state index is -0.413. The monoisotopic (exact) mass is 698 g/mol. The van der Waals surface area contributed by atoms with E-state index in [4.69, 9.17) is 0 Å². The van der Waals surface area contributed by atoms with Crippen LogP contribution in [0.25, 0.3) is 60.5 Å². The minimum absolute atomic E-state index is 0.413. The Morgan fingerprint density at radius 3 is 1.60 bits per heavy atom. The number of fused-ring (bicyclic) bond motifs is 14.